The van der Waals surface area contributed by atoms with Gasteiger partial charge >= 0.3 is 0 Å². The Morgan fingerprint density at radius 1 is 1.45 bits per heavy atom. The largest absolute Gasteiger partial charge is 0.346 e. The van der Waals surface area contributed by atoms with Crippen LogP contribution in [-0.2, 0) is 10.3 Å². The van der Waals surface area contributed by atoms with Crippen molar-refractivity contribution in [2.45, 2.75) is 25.3 Å². The highest BCUT2D eigenvalue weighted by Crippen LogP contribution is 2.45. The number of benzene rings is 1. The highest BCUT2D eigenvalue weighted by molar-refractivity contribution is 5.85. The lowest BCUT2D eigenvalue weighted by Crippen LogP contribution is -2.51. The van der Waals surface area contributed by atoms with Gasteiger partial charge in [0.25, 0.3) is 0 Å². The minimum Gasteiger partial charge on any atom is -0.346 e. The lowest BCUT2D eigenvalue weighted by molar-refractivity contribution is -0.127. The zero-order valence-corrected chi connectivity index (χ0v) is 12.3. The van der Waals surface area contributed by atoms with E-state index in [1.807, 2.05) is 13.0 Å². The van der Waals surface area contributed by atoms with Crippen LogP contribution in [-0.4, -0.2) is 19.0 Å². The molecule has 110 valence electrons. The lowest BCUT2D eigenvalue weighted by atomic mass is 9.88. The van der Waals surface area contributed by atoms with E-state index in [4.69, 9.17) is 0 Å². The SMILES string of the molecule is CC(C(=O)NC1(c2cccc(F)c2)CC1)C1CNC1.Cl. The van der Waals surface area contributed by atoms with Crippen molar-refractivity contribution in [3.05, 3.63) is 35.6 Å². The summed E-state index contributed by atoms with van der Waals surface area (Å²) in [5.74, 6) is 0.304. The summed E-state index contributed by atoms with van der Waals surface area (Å²) in [5.41, 5.74) is 0.574. The third-order valence-corrected chi connectivity index (χ3v) is 4.42. The van der Waals surface area contributed by atoms with Crippen LogP contribution in [0.4, 0.5) is 4.39 Å². The summed E-state index contributed by atoms with van der Waals surface area (Å²) in [6, 6.07) is 6.56. The van der Waals surface area contributed by atoms with Crippen LogP contribution in [0.3, 0.4) is 0 Å². The molecule has 1 saturated heterocycles. The summed E-state index contributed by atoms with van der Waals surface area (Å²) >= 11 is 0. The number of carbonyl (C=O) groups excluding carboxylic acids is 1. The van der Waals surface area contributed by atoms with E-state index in [0.29, 0.717) is 5.92 Å². The third kappa shape index (κ3) is 2.81. The van der Waals surface area contributed by atoms with E-state index in [1.165, 1.54) is 12.1 Å². The quantitative estimate of drug-likeness (QED) is 0.895. The van der Waals surface area contributed by atoms with Crippen LogP contribution in [0.15, 0.2) is 24.3 Å². The Morgan fingerprint density at radius 2 is 2.15 bits per heavy atom. The molecule has 5 heteroatoms. The molecule has 3 rings (SSSR count). The molecule has 0 aromatic heterocycles. The average Bonchev–Trinajstić information content (AvgIpc) is 3.07. The van der Waals surface area contributed by atoms with Crippen LogP contribution in [0.2, 0.25) is 0 Å². The Hall–Kier alpha value is -1.13. The first-order chi connectivity index (χ1) is 9.11. The van der Waals surface area contributed by atoms with Crippen LogP contribution in [0.25, 0.3) is 0 Å². The van der Waals surface area contributed by atoms with Gasteiger partial charge in [-0.1, -0.05) is 19.1 Å². The van der Waals surface area contributed by atoms with Crippen LogP contribution in [0, 0.1) is 17.7 Å². The molecule has 1 amide bonds. The van der Waals surface area contributed by atoms with Crippen molar-refractivity contribution in [2.75, 3.05) is 13.1 Å². The second-order valence-corrected chi connectivity index (χ2v) is 5.79. The van der Waals surface area contributed by atoms with E-state index in [1.54, 1.807) is 6.07 Å². The fraction of sp³-hybridized carbons (Fsp3) is 0.533. The average molecular weight is 299 g/mol. The highest BCUT2D eigenvalue weighted by atomic mass is 35.5. The van der Waals surface area contributed by atoms with E-state index in [0.717, 1.165) is 31.5 Å². The van der Waals surface area contributed by atoms with Gasteiger partial charge in [-0.2, -0.15) is 0 Å². The van der Waals surface area contributed by atoms with Crippen molar-refractivity contribution < 1.29 is 9.18 Å². The lowest BCUT2D eigenvalue weighted by Gasteiger charge is -2.33. The molecule has 2 fully saturated rings. The molecule has 2 aliphatic rings. The van der Waals surface area contributed by atoms with Gasteiger partial charge in [-0.25, -0.2) is 4.39 Å². The van der Waals surface area contributed by atoms with Crippen LogP contribution < -0.4 is 10.6 Å². The van der Waals surface area contributed by atoms with Gasteiger partial charge in [0.05, 0.1) is 5.54 Å². The van der Waals surface area contributed by atoms with E-state index in [9.17, 15) is 9.18 Å². The standard InChI is InChI=1S/C15H19FN2O.ClH/c1-10(11-8-17-9-11)14(19)18-15(5-6-15)12-3-2-4-13(16)7-12;/h2-4,7,10-11,17H,5-6,8-9H2,1H3,(H,18,19);1H. The van der Waals surface area contributed by atoms with Gasteiger partial charge in [0, 0.05) is 5.92 Å². The first-order valence-electron chi connectivity index (χ1n) is 6.89. The predicted octanol–water partition coefficient (Wildman–Crippen LogP) is 2.21. The van der Waals surface area contributed by atoms with Crippen LogP contribution >= 0.6 is 12.4 Å². The molecular weight excluding hydrogens is 279 g/mol. The summed E-state index contributed by atoms with van der Waals surface area (Å²) in [7, 11) is 0. The van der Waals surface area contributed by atoms with Gasteiger partial charge in [0.2, 0.25) is 5.91 Å². The molecule has 0 radical (unpaired) electrons. The molecule has 1 heterocycles. The van der Waals surface area contributed by atoms with Crippen molar-refractivity contribution in [3.63, 3.8) is 0 Å². The van der Waals surface area contributed by atoms with Gasteiger partial charge in [-0.3, -0.25) is 4.79 Å². The van der Waals surface area contributed by atoms with Gasteiger partial charge in [0.1, 0.15) is 5.82 Å². The molecule has 3 nitrogen and oxygen atoms in total. The number of hydrogen-bond donors (Lipinski definition) is 2. The minimum atomic E-state index is -0.315. The van der Waals surface area contributed by atoms with E-state index >= 15 is 0 Å². The first-order valence-corrected chi connectivity index (χ1v) is 6.89. The summed E-state index contributed by atoms with van der Waals surface area (Å²) < 4.78 is 13.3. The normalized spacial score (nSPS) is 21.3. The molecule has 0 bridgehead atoms. The highest BCUT2D eigenvalue weighted by Gasteiger charge is 2.47. The molecule has 1 saturated carbocycles. The van der Waals surface area contributed by atoms with Crippen molar-refractivity contribution in [1.29, 1.82) is 0 Å². The zero-order valence-electron chi connectivity index (χ0n) is 11.5. The summed E-state index contributed by atoms with van der Waals surface area (Å²) in [4.78, 5) is 12.3. The first kappa shape index (κ1) is 15.3. The second kappa shape index (κ2) is 5.70. The van der Waals surface area contributed by atoms with Gasteiger partial charge < -0.3 is 10.6 Å². The fourth-order valence-corrected chi connectivity index (χ4v) is 2.63. The van der Waals surface area contributed by atoms with Gasteiger partial charge in [0.15, 0.2) is 0 Å². The Kier molecular flexibility index (Phi) is 4.35. The Morgan fingerprint density at radius 3 is 2.65 bits per heavy atom. The molecule has 0 spiro atoms. The summed E-state index contributed by atoms with van der Waals surface area (Å²) in [5, 5.41) is 6.31. The number of carbonyl (C=O) groups is 1. The minimum absolute atomic E-state index is 0. The van der Waals surface area contributed by atoms with Crippen LogP contribution in [0.1, 0.15) is 25.3 Å². The smallest absolute Gasteiger partial charge is 0.223 e. The summed E-state index contributed by atoms with van der Waals surface area (Å²) in [6.45, 7) is 3.81. The molecular formula is C15H20ClFN2O. The molecule has 1 unspecified atom stereocenters. The zero-order chi connectivity index (χ0) is 13.5. The number of hydrogen-bond acceptors (Lipinski definition) is 2. The van der Waals surface area contributed by atoms with Crippen LogP contribution in [0.5, 0.6) is 0 Å². The maximum Gasteiger partial charge on any atom is 0.223 e. The molecule has 1 aromatic rings. The predicted molar refractivity (Wildman–Crippen MR) is 78.2 cm³/mol. The van der Waals surface area contributed by atoms with Crippen molar-refractivity contribution >= 4 is 18.3 Å². The Labute approximate surface area is 124 Å². The number of halogens is 2. The molecule has 1 aliphatic carbocycles. The maximum atomic E-state index is 13.3. The number of nitrogens with one attached hydrogen (secondary N) is 2. The third-order valence-electron chi connectivity index (χ3n) is 4.42. The number of amides is 1. The molecule has 1 atom stereocenters. The monoisotopic (exact) mass is 298 g/mol. The fourth-order valence-electron chi connectivity index (χ4n) is 2.63. The van der Waals surface area contributed by atoms with Crippen molar-refractivity contribution in [2.24, 2.45) is 11.8 Å². The Balaban J connectivity index is 0.00000147. The van der Waals surface area contributed by atoms with Gasteiger partial charge in [-0.05, 0) is 49.5 Å². The van der Waals surface area contributed by atoms with Gasteiger partial charge in [-0.15, -0.1) is 12.4 Å². The topological polar surface area (TPSA) is 41.1 Å². The second-order valence-electron chi connectivity index (χ2n) is 5.79. The van der Waals surface area contributed by atoms with E-state index in [-0.39, 0.29) is 35.6 Å². The molecule has 2 N–H and O–H groups in total. The molecule has 1 aliphatic heterocycles. The van der Waals surface area contributed by atoms with Crippen molar-refractivity contribution in [1.82, 2.24) is 10.6 Å². The Bertz CT molecular complexity index is 500. The number of rotatable bonds is 4. The van der Waals surface area contributed by atoms with E-state index in [2.05, 4.69) is 10.6 Å². The maximum absolute atomic E-state index is 13.3. The van der Waals surface area contributed by atoms with E-state index < -0.39 is 0 Å². The summed E-state index contributed by atoms with van der Waals surface area (Å²) in [6.07, 6.45) is 1.80. The molecule has 1 aromatic carbocycles. The molecule has 20 heavy (non-hydrogen) atoms. The van der Waals surface area contributed by atoms with Crippen molar-refractivity contribution in [3.8, 4) is 0 Å².